The number of pyridine rings is 1. The van der Waals surface area contributed by atoms with Crippen molar-refractivity contribution in [1.29, 1.82) is 0 Å². The first-order chi connectivity index (χ1) is 8.68. The fourth-order valence-corrected chi connectivity index (χ4v) is 1.33. The number of carbonyl (C=O) groups is 2. The maximum Gasteiger partial charge on any atom is 0.349 e. The molecule has 2 rings (SSSR count). The van der Waals surface area contributed by atoms with Gasteiger partial charge in [0.2, 0.25) is 0 Å². The maximum absolute atomic E-state index is 11.6. The van der Waals surface area contributed by atoms with E-state index in [1.807, 2.05) is 0 Å². The molecule has 1 heterocycles. The largest absolute Gasteiger partial charge is 0.507 e. The second kappa shape index (κ2) is 5.09. The monoisotopic (exact) mass is 243 g/mol. The predicted octanol–water partition coefficient (Wildman–Crippen LogP) is 1.78. The summed E-state index contributed by atoms with van der Waals surface area (Å²) >= 11 is 0. The van der Waals surface area contributed by atoms with Crippen molar-refractivity contribution in [2.75, 3.05) is 0 Å². The van der Waals surface area contributed by atoms with Gasteiger partial charge in [0.1, 0.15) is 11.3 Å². The van der Waals surface area contributed by atoms with Gasteiger partial charge in [-0.2, -0.15) is 0 Å². The van der Waals surface area contributed by atoms with Gasteiger partial charge < -0.3 is 9.84 Å². The van der Waals surface area contributed by atoms with Crippen LogP contribution in [0, 0.1) is 0 Å². The van der Waals surface area contributed by atoms with Crippen LogP contribution in [0.4, 0.5) is 0 Å². The molecule has 0 radical (unpaired) electrons. The highest BCUT2D eigenvalue weighted by Gasteiger charge is 2.17. The number of carbonyl (C=O) groups excluding carboxylic acids is 2. The summed E-state index contributed by atoms with van der Waals surface area (Å²) in [5.74, 6) is -1.94. The van der Waals surface area contributed by atoms with Crippen LogP contribution in [0.2, 0.25) is 0 Å². The Morgan fingerprint density at radius 2 is 1.83 bits per heavy atom. The summed E-state index contributed by atoms with van der Waals surface area (Å²) in [7, 11) is 0. The van der Waals surface area contributed by atoms with E-state index in [1.165, 1.54) is 30.6 Å². The highest BCUT2D eigenvalue weighted by Crippen LogP contribution is 2.17. The molecule has 1 N–H and O–H groups in total. The molecule has 0 saturated heterocycles. The minimum Gasteiger partial charge on any atom is -0.507 e. The predicted molar refractivity (Wildman–Crippen MR) is 62.1 cm³/mol. The van der Waals surface area contributed by atoms with Gasteiger partial charge in [-0.25, -0.2) is 9.59 Å². The number of ether oxygens (including phenoxy) is 1. The summed E-state index contributed by atoms with van der Waals surface area (Å²) in [6.45, 7) is 0. The molecule has 0 aliphatic rings. The van der Waals surface area contributed by atoms with Gasteiger partial charge in [0, 0.05) is 12.4 Å². The van der Waals surface area contributed by atoms with Crippen molar-refractivity contribution < 1.29 is 19.4 Å². The van der Waals surface area contributed by atoms with E-state index < -0.39 is 11.9 Å². The summed E-state index contributed by atoms with van der Waals surface area (Å²) in [5.41, 5.74) is 0.107. The first-order valence-corrected chi connectivity index (χ1v) is 5.13. The van der Waals surface area contributed by atoms with E-state index in [9.17, 15) is 14.7 Å². The van der Waals surface area contributed by atoms with Crippen LogP contribution in [-0.2, 0) is 4.74 Å². The van der Waals surface area contributed by atoms with Crippen LogP contribution in [0.15, 0.2) is 48.8 Å². The Morgan fingerprint density at radius 3 is 2.50 bits per heavy atom. The maximum atomic E-state index is 11.6. The Bertz CT molecular complexity index is 581. The zero-order valence-electron chi connectivity index (χ0n) is 9.24. The van der Waals surface area contributed by atoms with Gasteiger partial charge in [0.15, 0.2) is 0 Å². The third kappa shape index (κ3) is 2.52. The van der Waals surface area contributed by atoms with Crippen molar-refractivity contribution in [3.63, 3.8) is 0 Å². The molecular formula is C13H9NO4. The molecule has 5 nitrogen and oxygen atoms in total. The number of benzene rings is 1. The van der Waals surface area contributed by atoms with E-state index in [-0.39, 0.29) is 16.9 Å². The Morgan fingerprint density at radius 1 is 1.06 bits per heavy atom. The molecule has 0 saturated carbocycles. The van der Waals surface area contributed by atoms with Crippen LogP contribution >= 0.6 is 0 Å². The lowest BCUT2D eigenvalue weighted by Gasteiger charge is -2.04. The zero-order chi connectivity index (χ0) is 13.0. The molecule has 5 heteroatoms. The van der Waals surface area contributed by atoms with E-state index in [4.69, 9.17) is 0 Å². The first kappa shape index (κ1) is 11.8. The summed E-state index contributed by atoms with van der Waals surface area (Å²) in [4.78, 5) is 26.9. The molecular weight excluding hydrogens is 234 g/mol. The van der Waals surface area contributed by atoms with Crippen molar-refractivity contribution in [2.45, 2.75) is 0 Å². The lowest BCUT2D eigenvalue weighted by atomic mass is 10.2. The van der Waals surface area contributed by atoms with Gasteiger partial charge in [0.25, 0.3) is 0 Å². The lowest BCUT2D eigenvalue weighted by molar-refractivity contribution is 0.0396. The number of phenols is 1. The highest BCUT2D eigenvalue weighted by molar-refractivity contribution is 6.03. The fraction of sp³-hybridized carbons (Fsp3) is 0. The van der Waals surface area contributed by atoms with Gasteiger partial charge in [-0.3, -0.25) is 4.98 Å². The topological polar surface area (TPSA) is 76.5 Å². The van der Waals surface area contributed by atoms with E-state index in [0.717, 1.165) is 0 Å². The molecule has 0 fully saturated rings. The smallest absolute Gasteiger partial charge is 0.349 e. The molecule has 0 aliphatic carbocycles. The van der Waals surface area contributed by atoms with Gasteiger partial charge in [-0.15, -0.1) is 0 Å². The summed E-state index contributed by atoms with van der Waals surface area (Å²) in [5, 5.41) is 9.44. The number of esters is 2. The van der Waals surface area contributed by atoms with Gasteiger partial charge in [0.05, 0.1) is 5.56 Å². The number of hydrogen-bond donors (Lipinski definition) is 1. The number of aromatic hydroxyl groups is 1. The SMILES string of the molecule is O=C(OC(=O)c1ccccc1O)c1cccnc1. The molecule has 0 unspecified atom stereocenters. The van der Waals surface area contributed by atoms with E-state index in [0.29, 0.717) is 0 Å². The standard InChI is InChI=1S/C13H9NO4/c15-11-6-2-1-5-10(11)13(17)18-12(16)9-4-3-7-14-8-9/h1-8,15H. The van der Waals surface area contributed by atoms with E-state index >= 15 is 0 Å². The Kier molecular flexibility index (Phi) is 3.33. The van der Waals surface area contributed by atoms with Crippen molar-refractivity contribution in [2.24, 2.45) is 0 Å². The number of aromatic nitrogens is 1. The number of hydrogen-bond acceptors (Lipinski definition) is 5. The molecule has 18 heavy (non-hydrogen) atoms. The summed E-state index contributed by atoms with van der Waals surface area (Å²) < 4.78 is 4.63. The third-order valence-electron chi connectivity index (χ3n) is 2.21. The molecule has 1 aromatic carbocycles. The zero-order valence-corrected chi connectivity index (χ0v) is 9.24. The first-order valence-electron chi connectivity index (χ1n) is 5.13. The van der Waals surface area contributed by atoms with Crippen molar-refractivity contribution in [1.82, 2.24) is 4.98 Å². The van der Waals surface area contributed by atoms with Crippen LogP contribution in [-0.4, -0.2) is 22.0 Å². The Hall–Kier alpha value is -2.69. The van der Waals surface area contributed by atoms with Crippen LogP contribution in [0.1, 0.15) is 20.7 Å². The van der Waals surface area contributed by atoms with E-state index in [2.05, 4.69) is 9.72 Å². The molecule has 0 amide bonds. The average molecular weight is 243 g/mol. The molecule has 1 aromatic heterocycles. The average Bonchev–Trinajstić information content (AvgIpc) is 2.40. The molecule has 0 aliphatic heterocycles. The minimum atomic E-state index is -0.901. The van der Waals surface area contributed by atoms with Crippen molar-refractivity contribution in [3.8, 4) is 5.75 Å². The molecule has 90 valence electrons. The Labute approximate surface area is 103 Å². The number of rotatable bonds is 2. The Balaban J connectivity index is 2.14. The molecule has 0 spiro atoms. The lowest BCUT2D eigenvalue weighted by Crippen LogP contribution is -2.13. The highest BCUT2D eigenvalue weighted by atomic mass is 16.6. The second-order valence-corrected chi connectivity index (χ2v) is 3.44. The van der Waals surface area contributed by atoms with Crippen LogP contribution < -0.4 is 0 Å². The van der Waals surface area contributed by atoms with Crippen molar-refractivity contribution >= 4 is 11.9 Å². The van der Waals surface area contributed by atoms with Crippen LogP contribution in [0.5, 0.6) is 5.75 Å². The van der Waals surface area contributed by atoms with Crippen molar-refractivity contribution in [3.05, 3.63) is 59.9 Å². The van der Waals surface area contributed by atoms with Gasteiger partial charge in [-0.1, -0.05) is 12.1 Å². The molecule has 2 aromatic rings. The van der Waals surface area contributed by atoms with Gasteiger partial charge >= 0.3 is 11.9 Å². The molecule has 0 atom stereocenters. The second-order valence-electron chi connectivity index (χ2n) is 3.44. The third-order valence-corrected chi connectivity index (χ3v) is 2.21. The minimum absolute atomic E-state index is 0.0604. The van der Waals surface area contributed by atoms with Crippen LogP contribution in [0.3, 0.4) is 0 Å². The quantitative estimate of drug-likeness (QED) is 0.642. The van der Waals surface area contributed by atoms with Crippen LogP contribution in [0.25, 0.3) is 0 Å². The summed E-state index contributed by atoms with van der Waals surface area (Å²) in [6.07, 6.45) is 2.79. The number of para-hydroxylation sites is 1. The number of nitrogens with zero attached hydrogens (tertiary/aromatic N) is 1. The fourth-order valence-electron chi connectivity index (χ4n) is 1.33. The molecule has 0 bridgehead atoms. The van der Waals surface area contributed by atoms with Gasteiger partial charge in [-0.05, 0) is 24.3 Å². The normalized spacial score (nSPS) is 9.78. The van der Waals surface area contributed by atoms with E-state index in [1.54, 1.807) is 18.2 Å². The summed E-state index contributed by atoms with van der Waals surface area (Å²) in [6, 6.07) is 8.87. The number of phenolic OH excluding ortho intramolecular Hbond substituents is 1.